The van der Waals surface area contributed by atoms with Gasteiger partial charge in [-0.1, -0.05) is 0 Å². The topological polar surface area (TPSA) is 92.7 Å². The van der Waals surface area contributed by atoms with E-state index in [1.807, 2.05) is 19.1 Å². The van der Waals surface area contributed by atoms with Crippen molar-refractivity contribution in [1.82, 2.24) is 30.1 Å². The van der Waals surface area contributed by atoms with Crippen molar-refractivity contribution in [2.24, 2.45) is 5.92 Å². The molecule has 1 saturated heterocycles. The maximum absolute atomic E-state index is 5.77. The van der Waals surface area contributed by atoms with E-state index < -0.39 is 0 Å². The summed E-state index contributed by atoms with van der Waals surface area (Å²) in [5.74, 6) is 2.04. The van der Waals surface area contributed by atoms with E-state index in [-0.39, 0.29) is 0 Å². The van der Waals surface area contributed by atoms with Crippen LogP contribution in [0.2, 0.25) is 0 Å². The summed E-state index contributed by atoms with van der Waals surface area (Å²) in [6.07, 6.45) is 5.34. The second kappa shape index (κ2) is 6.38. The molecule has 0 radical (unpaired) electrons. The number of ether oxygens (including phenoxy) is 1. The lowest BCUT2D eigenvalue weighted by molar-refractivity contribution is 0.214. The fraction of sp³-hybridized carbons (Fsp3) is 0.438. The van der Waals surface area contributed by atoms with Gasteiger partial charge in [0.2, 0.25) is 5.88 Å². The normalized spacial score (nSPS) is 15.8. The quantitative estimate of drug-likeness (QED) is 0.781. The molecule has 0 saturated carbocycles. The summed E-state index contributed by atoms with van der Waals surface area (Å²) in [4.78, 5) is 18.2. The predicted octanol–water partition coefficient (Wildman–Crippen LogP) is 1.75. The molecular weight excluding hydrogens is 306 g/mol. The Balaban J connectivity index is 1.35. The van der Waals surface area contributed by atoms with Crippen molar-refractivity contribution in [2.45, 2.75) is 19.8 Å². The number of imidazole rings is 1. The van der Waals surface area contributed by atoms with Crippen molar-refractivity contribution in [2.75, 3.05) is 24.6 Å². The van der Waals surface area contributed by atoms with Crippen molar-refractivity contribution in [1.29, 1.82) is 0 Å². The lowest BCUT2D eigenvalue weighted by Gasteiger charge is -2.32. The van der Waals surface area contributed by atoms with Gasteiger partial charge in [-0.25, -0.2) is 15.0 Å². The van der Waals surface area contributed by atoms with Crippen LogP contribution in [0.5, 0.6) is 5.88 Å². The standard InChI is InChI=1S/C16H19N7O/c1-11-2-3-13(22-21-11)24-8-12-4-6-23(7-5-12)16-14-15(18-9-17-14)19-10-20-16/h2-3,9-10,12H,4-8H2,1H3,(H,17,18,19,20). The summed E-state index contributed by atoms with van der Waals surface area (Å²) in [6.45, 7) is 4.47. The molecule has 0 spiro atoms. The molecular formula is C16H19N7O. The van der Waals surface area contributed by atoms with Crippen LogP contribution < -0.4 is 9.64 Å². The van der Waals surface area contributed by atoms with Gasteiger partial charge in [-0.15, -0.1) is 5.10 Å². The van der Waals surface area contributed by atoms with Crippen LogP contribution in [0.4, 0.5) is 5.82 Å². The molecule has 0 amide bonds. The Bertz CT molecular complexity index is 809. The molecule has 0 bridgehead atoms. The fourth-order valence-electron chi connectivity index (χ4n) is 2.97. The van der Waals surface area contributed by atoms with Gasteiger partial charge in [0.15, 0.2) is 11.5 Å². The van der Waals surface area contributed by atoms with Crippen molar-refractivity contribution >= 4 is 17.0 Å². The Morgan fingerprint density at radius 2 is 2.04 bits per heavy atom. The van der Waals surface area contributed by atoms with Gasteiger partial charge in [-0.2, -0.15) is 5.10 Å². The van der Waals surface area contributed by atoms with E-state index in [1.54, 1.807) is 12.7 Å². The third-order valence-electron chi connectivity index (χ3n) is 4.36. The Hall–Kier alpha value is -2.77. The Labute approximate surface area is 139 Å². The van der Waals surface area contributed by atoms with E-state index in [0.29, 0.717) is 24.1 Å². The molecule has 4 heterocycles. The van der Waals surface area contributed by atoms with E-state index in [4.69, 9.17) is 4.74 Å². The Kier molecular flexibility index (Phi) is 3.94. The minimum atomic E-state index is 0.517. The van der Waals surface area contributed by atoms with Gasteiger partial charge in [-0.3, -0.25) is 0 Å². The van der Waals surface area contributed by atoms with Crippen LogP contribution in [0, 0.1) is 12.8 Å². The number of aromatic amines is 1. The molecule has 0 atom stereocenters. The molecule has 4 rings (SSSR count). The van der Waals surface area contributed by atoms with Crippen LogP contribution in [0.15, 0.2) is 24.8 Å². The average Bonchev–Trinajstić information content (AvgIpc) is 3.10. The smallest absolute Gasteiger partial charge is 0.233 e. The minimum absolute atomic E-state index is 0.517. The summed E-state index contributed by atoms with van der Waals surface area (Å²) in [6, 6.07) is 3.78. The third kappa shape index (κ3) is 2.99. The van der Waals surface area contributed by atoms with E-state index in [0.717, 1.165) is 43.0 Å². The number of piperidine rings is 1. The second-order valence-electron chi connectivity index (χ2n) is 6.05. The highest BCUT2D eigenvalue weighted by molar-refractivity contribution is 5.82. The summed E-state index contributed by atoms with van der Waals surface area (Å²) < 4.78 is 5.77. The molecule has 24 heavy (non-hydrogen) atoms. The summed E-state index contributed by atoms with van der Waals surface area (Å²) in [5.41, 5.74) is 2.51. The molecule has 8 heteroatoms. The summed E-state index contributed by atoms with van der Waals surface area (Å²) >= 11 is 0. The van der Waals surface area contributed by atoms with E-state index >= 15 is 0 Å². The van der Waals surface area contributed by atoms with Crippen molar-refractivity contribution < 1.29 is 4.74 Å². The predicted molar refractivity (Wildman–Crippen MR) is 88.9 cm³/mol. The van der Waals surface area contributed by atoms with Gasteiger partial charge in [0.05, 0.1) is 18.6 Å². The molecule has 0 aliphatic carbocycles. The first kappa shape index (κ1) is 14.8. The van der Waals surface area contributed by atoms with E-state index in [9.17, 15) is 0 Å². The maximum atomic E-state index is 5.77. The van der Waals surface area contributed by atoms with Crippen LogP contribution in [-0.4, -0.2) is 49.8 Å². The average molecular weight is 325 g/mol. The molecule has 3 aromatic rings. The number of H-pyrrole nitrogens is 1. The van der Waals surface area contributed by atoms with Gasteiger partial charge in [0.25, 0.3) is 0 Å². The highest BCUT2D eigenvalue weighted by atomic mass is 16.5. The van der Waals surface area contributed by atoms with Crippen LogP contribution in [0.1, 0.15) is 18.5 Å². The van der Waals surface area contributed by atoms with Crippen molar-refractivity contribution in [3.8, 4) is 5.88 Å². The number of rotatable bonds is 4. The Morgan fingerprint density at radius 1 is 1.17 bits per heavy atom. The second-order valence-corrected chi connectivity index (χ2v) is 6.05. The lowest BCUT2D eigenvalue weighted by atomic mass is 9.98. The number of nitrogens with zero attached hydrogens (tertiary/aromatic N) is 6. The largest absolute Gasteiger partial charge is 0.476 e. The lowest BCUT2D eigenvalue weighted by Crippen LogP contribution is -2.36. The summed E-state index contributed by atoms with van der Waals surface area (Å²) in [5, 5.41) is 8.05. The molecule has 0 aromatic carbocycles. The van der Waals surface area contributed by atoms with Crippen LogP contribution in [0.25, 0.3) is 11.2 Å². The molecule has 3 aromatic heterocycles. The van der Waals surface area contributed by atoms with Crippen LogP contribution >= 0.6 is 0 Å². The molecule has 0 unspecified atom stereocenters. The molecule has 1 N–H and O–H groups in total. The van der Waals surface area contributed by atoms with Crippen LogP contribution in [0.3, 0.4) is 0 Å². The first-order valence-electron chi connectivity index (χ1n) is 8.12. The number of nitrogens with one attached hydrogen (secondary N) is 1. The van der Waals surface area contributed by atoms with Gasteiger partial charge in [0.1, 0.15) is 11.8 Å². The van der Waals surface area contributed by atoms with Crippen LogP contribution in [-0.2, 0) is 0 Å². The highest BCUT2D eigenvalue weighted by Crippen LogP contribution is 2.26. The molecule has 124 valence electrons. The number of anilines is 1. The van der Waals surface area contributed by atoms with Gasteiger partial charge < -0.3 is 14.6 Å². The third-order valence-corrected chi connectivity index (χ3v) is 4.36. The number of fused-ring (bicyclic) bond motifs is 1. The van der Waals surface area contributed by atoms with E-state index in [2.05, 4.69) is 35.0 Å². The highest BCUT2D eigenvalue weighted by Gasteiger charge is 2.22. The molecule has 1 fully saturated rings. The number of hydrogen-bond donors (Lipinski definition) is 1. The number of hydrogen-bond acceptors (Lipinski definition) is 7. The van der Waals surface area contributed by atoms with Crippen molar-refractivity contribution in [3.63, 3.8) is 0 Å². The first-order valence-corrected chi connectivity index (χ1v) is 8.12. The van der Waals surface area contributed by atoms with Gasteiger partial charge in [-0.05, 0) is 31.7 Å². The zero-order valence-corrected chi connectivity index (χ0v) is 13.5. The van der Waals surface area contributed by atoms with E-state index in [1.165, 1.54) is 0 Å². The van der Waals surface area contributed by atoms with Gasteiger partial charge in [0, 0.05) is 19.2 Å². The van der Waals surface area contributed by atoms with Crippen molar-refractivity contribution in [3.05, 3.63) is 30.5 Å². The molecule has 1 aliphatic heterocycles. The zero-order chi connectivity index (χ0) is 16.4. The molecule has 8 nitrogen and oxygen atoms in total. The minimum Gasteiger partial charge on any atom is -0.476 e. The number of aryl methyl sites for hydroxylation is 1. The maximum Gasteiger partial charge on any atom is 0.233 e. The first-order chi connectivity index (χ1) is 11.8. The fourth-order valence-corrected chi connectivity index (χ4v) is 2.97. The SMILES string of the molecule is Cc1ccc(OCC2CCN(c3ncnc4nc[nH]c34)CC2)nn1. The summed E-state index contributed by atoms with van der Waals surface area (Å²) in [7, 11) is 0. The Morgan fingerprint density at radius 3 is 2.83 bits per heavy atom. The van der Waals surface area contributed by atoms with Gasteiger partial charge >= 0.3 is 0 Å². The zero-order valence-electron chi connectivity index (χ0n) is 13.5. The monoisotopic (exact) mass is 325 g/mol. The number of aromatic nitrogens is 6. The molecule has 1 aliphatic rings.